The average molecular weight is 259 g/mol. The van der Waals surface area contributed by atoms with Crippen LogP contribution in [0.2, 0.25) is 0 Å². The zero-order valence-electron chi connectivity index (χ0n) is 10.7. The van der Waals surface area contributed by atoms with Crippen molar-refractivity contribution in [2.45, 2.75) is 25.7 Å². The fourth-order valence-corrected chi connectivity index (χ4v) is 3.76. The van der Waals surface area contributed by atoms with Crippen LogP contribution in [0.25, 0.3) is 5.65 Å². The van der Waals surface area contributed by atoms with Crippen LogP contribution >= 0.6 is 0 Å². The third kappa shape index (κ3) is 1.82. The second kappa shape index (κ2) is 4.08. The van der Waals surface area contributed by atoms with Gasteiger partial charge in [0.15, 0.2) is 5.65 Å². The third-order valence-electron chi connectivity index (χ3n) is 4.70. The van der Waals surface area contributed by atoms with E-state index in [0.717, 1.165) is 30.1 Å². The maximum Gasteiger partial charge on any atom is 0.364 e. The van der Waals surface area contributed by atoms with E-state index in [-0.39, 0.29) is 5.69 Å². The lowest BCUT2D eigenvalue weighted by atomic mass is 9.89. The van der Waals surface area contributed by atoms with Gasteiger partial charge in [-0.1, -0.05) is 6.42 Å². The molecule has 2 heterocycles. The molecule has 2 saturated carbocycles. The minimum Gasteiger partial charge on any atom is -0.368 e. The van der Waals surface area contributed by atoms with Crippen molar-refractivity contribution in [1.29, 1.82) is 0 Å². The molecular weight excluding hydrogens is 242 g/mol. The molecule has 2 fully saturated rings. The number of rotatable bonds is 3. The van der Waals surface area contributed by atoms with Crippen molar-refractivity contribution in [3.05, 3.63) is 22.6 Å². The Morgan fingerprint density at radius 3 is 3.11 bits per heavy atom. The van der Waals surface area contributed by atoms with Crippen molar-refractivity contribution in [2.24, 2.45) is 17.8 Å². The second-order valence-corrected chi connectivity index (χ2v) is 5.83. The Bertz CT molecular complexity index is 660. The molecule has 2 N–H and O–H groups in total. The summed E-state index contributed by atoms with van der Waals surface area (Å²) in [7, 11) is 0. The van der Waals surface area contributed by atoms with Crippen molar-refractivity contribution in [2.75, 3.05) is 11.9 Å². The smallest absolute Gasteiger partial charge is 0.364 e. The number of nitrogens with one attached hydrogen (secondary N) is 2. The zero-order chi connectivity index (χ0) is 12.8. The Morgan fingerprint density at radius 1 is 1.37 bits per heavy atom. The topological polar surface area (TPSA) is 75.1 Å². The second-order valence-electron chi connectivity index (χ2n) is 5.83. The summed E-state index contributed by atoms with van der Waals surface area (Å²) in [5, 5.41) is 13.9. The first kappa shape index (κ1) is 11.0. The summed E-state index contributed by atoms with van der Waals surface area (Å²) in [6, 6.07) is 3.68. The third-order valence-corrected chi connectivity index (χ3v) is 4.70. The number of aromatic nitrogens is 4. The Morgan fingerprint density at radius 2 is 2.32 bits per heavy atom. The molecule has 0 aromatic carbocycles. The minimum atomic E-state index is -0.293. The largest absolute Gasteiger partial charge is 0.368 e. The molecule has 19 heavy (non-hydrogen) atoms. The van der Waals surface area contributed by atoms with Gasteiger partial charge in [-0.3, -0.25) is 0 Å². The van der Waals surface area contributed by atoms with Gasteiger partial charge < -0.3 is 5.32 Å². The van der Waals surface area contributed by atoms with E-state index in [4.69, 9.17) is 0 Å². The molecule has 0 spiro atoms. The predicted molar refractivity (Wildman–Crippen MR) is 71.0 cm³/mol. The van der Waals surface area contributed by atoms with Gasteiger partial charge in [0.25, 0.3) is 0 Å². The van der Waals surface area contributed by atoms with Gasteiger partial charge in [-0.25, -0.2) is 9.89 Å². The standard InChI is InChI=1S/C13H17N5O/c19-13-16-15-12-4-3-11(17-18(12)13)14-7-10-6-8-1-2-9(10)5-8/h3-4,8-10H,1-2,5-7H2,(H,14,17)(H,16,19). The zero-order valence-corrected chi connectivity index (χ0v) is 10.7. The van der Waals surface area contributed by atoms with Crippen LogP contribution in [-0.2, 0) is 0 Å². The summed E-state index contributed by atoms with van der Waals surface area (Å²) in [5.74, 6) is 3.39. The normalized spacial score (nSPS) is 29.2. The first-order valence-electron chi connectivity index (χ1n) is 6.98. The van der Waals surface area contributed by atoms with E-state index >= 15 is 0 Å². The summed E-state index contributed by atoms with van der Waals surface area (Å²) in [6.45, 7) is 0.965. The lowest BCUT2D eigenvalue weighted by Crippen LogP contribution is -2.21. The number of anilines is 1. The summed E-state index contributed by atoms with van der Waals surface area (Å²) in [6.07, 6.45) is 5.59. The quantitative estimate of drug-likeness (QED) is 0.870. The van der Waals surface area contributed by atoms with Crippen LogP contribution < -0.4 is 11.0 Å². The van der Waals surface area contributed by atoms with Gasteiger partial charge in [0, 0.05) is 6.54 Å². The predicted octanol–water partition coefficient (Wildman–Crippen LogP) is 1.27. The van der Waals surface area contributed by atoms with Crippen molar-refractivity contribution in [3.8, 4) is 0 Å². The molecule has 2 bridgehead atoms. The van der Waals surface area contributed by atoms with E-state index in [9.17, 15) is 4.79 Å². The van der Waals surface area contributed by atoms with Crippen LogP contribution in [0.1, 0.15) is 25.7 Å². The molecule has 0 amide bonds. The van der Waals surface area contributed by atoms with Gasteiger partial charge in [0.2, 0.25) is 0 Å². The van der Waals surface area contributed by atoms with Crippen LogP contribution in [0.5, 0.6) is 0 Å². The maximum atomic E-state index is 11.5. The number of nitrogens with zero attached hydrogens (tertiary/aromatic N) is 3. The number of H-pyrrole nitrogens is 1. The minimum absolute atomic E-state index is 0.293. The molecule has 2 aliphatic rings. The Balaban J connectivity index is 1.49. The van der Waals surface area contributed by atoms with Crippen molar-refractivity contribution < 1.29 is 0 Å². The van der Waals surface area contributed by atoms with Gasteiger partial charge in [0.05, 0.1) is 0 Å². The van der Waals surface area contributed by atoms with Crippen molar-refractivity contribution in [3.63, 3.8) is 0 Å². The molecule has 100 valence electrons. The monoisotopic (exact) mass is 259 g/mol. The van der Waals surface area contributed by atoms with E-state index in [0.29, 0.717) is 5.65 Å². The van der Waals surface area contributed by atoms with Crippen molar-refractivity contribution >= 4 is 11.5 Å². The molecule has 0 saturated heterocycles. The fourth-order valence-electron chi connectivity index (χ4n) is 3.76. The molecule has 4 rings (SSSR count). The Hall–Kier alpha value is -1.85. The molecule has 3 atom stereocenters. The van der Waals surface area contributed by atoms with Gasteiger partial charge in [-0.2, -0.15) is 9.61 Å². The van der Waals surface area contributed by atoms with Crippen LogP contribution in [0.4, 0.5) is 5.82 Å². The molecule has 2 aromatic rings. The van der Waals surface area contributed by atoms with Gasteiger partial charge in [-0.05, 0) is 49.1 Å². The van der Waals surface area contributed by atoms with Gasteiger partial charge >= 0.3 is 5.69 Å². The summed E-state index contributed by atoms with van der Waals surface area (Å²) >= 11 is 0. The molecule has 2 aliphatic carbocycles. The maximum absolute atomic E-state index is 11.5. The number of aromatic amines is 1. The van der Waals surface area contributed by atoms with E-state index in [1.54, 1.807) is 6.07 Å². The lowest BCUT2D eigenvalue weighted by Gasteiger charge is -2.21. The molecule has 2 aromatic heterocycles. The highest BCUT2D eigenvalue weighted by atomic mass is 16.2. The molecule has 3 unspecified atom stereocenters. The molecule has 6 heteroatoms. The fraction of sp³-hybridized carbons (Fsp3) is 0.615. The number of fused-ring (bicyclic) bond motifs is 3. The van der Waals surface area contributed by atoms with Crippen LogP contribution in [-0.4, -0.2) is 26.4 Å². The number of hydrogen-bond donors (Lipinski definition) is 2. The van der Waals surface area contributed by atoms with E-state index in [1.165, 1.54) is 30.2 Å². The summed E-state index contributed by atoms with van der Waals surface area (Å²) in [5.41, 5.74) is 0.258. The summed E-state index contributed by atoms with van der Waals surface area (Å²) < 4.78 is 1.29. The first-order valence-corrected chi connectivity index (χ1v) is 6.98. The van der Waals surface area contributed by atoms with Crippen molar-refractivity contribution in [1.82, 2.24) is 19.8 Å². The number of hydrogen-bond acceptors (Lipinski definition) is 4. The highest BCUT2D eigenvalue weighted by Crippen LogP contribution is 2.48. The SMILES string of the molecule is O=c1[nH]nc2ccc(NCC3CC4CCC3C4)nn12. The van der Waals surface area contributed by atoms with E-state index in [1.807, 2.05) is 6.07 Å². The van der Waals surface area contributed by atoms with Crippen LogP contribution in [0.3, 0.4) is 0 Å². The average Bonchev–Trinajstić information content (AvgIpc) is 3.12. The Kier molecular flexibility index (Phi) is 2.36. The first-order chi connectivity index (χ1) is 9.29. The highest BCUT2D eigenvalue weighted by molar-refractivity contribution is 5.42. The summed E-state index contributed by atoms with van der Waals surface area (Å²) in [4.78, 5) is 11.5. The Labute approximate surface area is 110 Å². The van der Waals surface area contributed by atoms with Gasteiger partial charge in [-0.15, -0.1) is 5.10 Å². The van der Waals surface area contributed by atoms with E-state index in [2.05, 4.69) is 20.6 Å². The van der Waals surface area contributed by atoms with Crippen LogP contribution in [0, 0.1) is 17.8 Å². The molecule has 0 radical (unpaired) electrons. The van der Waals surface area contributed by atoms with Crippen LogP contribution in [0.15, 0.2) is 16.9 Å². The molecular formula is C13H17N5O. The molecule has 0 aliphatic heterocycles. The van der Waals surface area contributed by atoms with Gasteiger partial charge in [0.1, 0.15) is 5.82 Å². The molecule has 6 nitrogen and oxygen atoms in total. The highest BCUT2D eigenvalue weighted by Gasteiger charge is 2.39. The lowest BCUT2D eigenvalue weighted by molar-refractivity contribution is 0.348. The van der Waals surface area contributed by atoms with E-state index < -0.39 is 0 Å².